The van der Waals surface area contributed by atoms with Crippen LogP contribution in [0, 0.1) is 11.7 Å². The molecule has 2 N–H and O–H groups in total. The molecule has 0 aromatic heterocycles. The molecule has 0 aliphatic carbocycles. The third kappa shape index (κ3) is 5.52. The van der Waals surface area contributed by atoms with E-state index in [2.05, 4.69) is 19.2 Å². The highest BCUT2D eigenvalue weighted by atomic mass is 35.5. The Bertz CT molecular complexity index is 720. The Balaban J connectivity index is 0.00000261. The molecule has 5 heteroatoms. The molecule has 1 saturated heterocycles. The maximum atomic E-state index is 14.0. The number of nitrogens with one attached hydrogen (secondary N) is 1. The average molecular weight is 394 g/mol. The summed E-state index contributed by atoms with van der Waals surface area (Å²) in [6.07, 6.45) is 0.661. The Morgan fingerprint density at radius 3 is 2.59 bits per heavy atom. The molecule has 2 atom stereocenters. The summed E-state index contributed by atoms with van der Waals surface area (Å²) in [4.78, 5) is 0. The molecular weight excluding hydrogens is 365 g/mol. The van der Waals surface area contributed by atoms with Gasteiger partial charge in [0.1, 0.15) is 5.82 Å². The molecule has 148 valence electrons. The van der Waals surface area contributed by atoms with Crippen LogP contribution in [0.15, 0.2) is 48.5 Å². The molecule has 0 radical (unpaired) electrons. The summed E-state index contributed by atoms with van der Waals surface area (Å²) in [5, 5.41) is 14.8. The standard InChI is InChI=1S/C22H28FNO2.ClH/c1-16(2)13-22(25,21-15-24-10-11-26-21)14-18-12-19(23)8-9-20(18)17-6-4-3-5-7-17;/h3-9,12,16,21,24-25H,10-11,13-15H2,1-2H3;1H. The largest absolute Gasteiger partial charge is 0.387 e. The highest BCUT2D eigenvalue weighted by Crippen LogP contribution is 2.33. The van der Waals surface area contributed by atoms with Crippen molar-refractivity contribution < 1.29 is 14.2 Å². The number of ether oxygens (including phenoxy) is 1. The van der Waals surface area contributed by atoms with Crippen molar-refractivity contribution in [3.8, 4) is 11.1 Å². The molecule has 1 heterocycles. The summed E-state index contributed by atoms with van der Waals surface area (Å²) in [6.45, 7) is 6.16. The molecule has 3 rings (SSSR count). The van der Waals surface area contributed by atoms with Gasteiger partial charge < -0.3 is 15.2 Å². The number of hydrogen-bond acceptors (Lipinski definition) is 3. The normalized spacial score (nSPS) is 19.4. The smallest absolute Gasteiger partial charge is 0.123 e. The summed E-state index contributed by atoms with van der Waals surface area (Å²) >= 11 is 0. The quantitative estimate of drug-likeness (QED) is 0.772. The zero-order valence-corrected chi connectivity index (χ0v) is 16.8. The van der Waals surface area contributed by atoms with Crippen LogP contribution >= 0.6 is 12.4 Å². The molecule has 1 aliphatic rings. The van der Waals surface area contributed by atoms with Crippen molar-refractivity contribution in [2.45, 2.75) is 38.4 Å². The van der Waals surface area contributed by atoms with Crippen molar-refractivity contribution in [2.75, 3.05) is 19.7 Å². The zero-order valence-electron chi connectivity index (χ0n) is 16.0. The number of rotatable bonds is 6. The van der Waals surface area contributed by atoms with Gasteiger partial charge in [-0.1, -0.05) is 50.2 Å². The minimum Gasteiger partial charge on any atom is -0.387 e. The van der Waals surface area contributed by atoms with Crippen LogP contribution in [-0.2, 0) is 11.2 Å². The SMILES string of the molecule is CC(C)CC(O)(Cc1cc(F)ccc1-c1ccccc1)C1CNCCO1.Cl. The fraction of sp³-hybridized carbons (Fsp3) is 0.455. The van der Waals surface area contributed by atoms with Crippen molar-refractivity contribution >= 4 is 12.4 Å². The summed E-state index contributed by atoms with van der Waals surface area (Å²) in [6, 6.07) is 14.7. The Labute approximate surface area is 167 Å². The van der Waals surface area contributed by atoms with Gasteiger partial charge in [-0.25, -0.2) is 4.39 Å². The van der Waals surface area contributed by atoms with E-state index < -0.39 is 5.60 Å². The Morgan fingerprint density at radius 1 is 1.22 bits per heavy atom. The summed E-state index contributed by atoms with van der Waals surface area (Å²) in [5.41, 5.74) is 1.75. The first-order chi connectivity index (χ1) is 12.5. The molecule has 1 fully saturated rings. The lowest BCUT2D eigenvalue weighted by Crippen LogP contribution is -2.55. The molecule has 0 saturated carbocycles. The number of aliphatic hydroxyl groups is 1. The van der Waals surface area contributed by atoms with Gasteiger partial charge in [0.25, 0.3) is 0 Å². The molecule has 0 amide bonds. The molecule has 0 spiro atoms. The summed E-state index contributed by atoms with van der Waals surface area (Å²) in [5.74, 6) is 0.0218. The number of morpholine rings is 1. The van der Waals surface area contributed by atoms with Gasteiger partial charge in [0, 0.05) is 19.5 Å². The molecule has 1 aliphatic heterocycles. The first kappa shape index (κ1) is 21.8. The van der Waals surface area contributed by atoms with E-state index in [9.17, 15) is 9.50 Å². The lowest BCUT2D eigenvalue weighted by atomic mass is 9.80. The van der Waals surface area contributed by atoms with E-state index in [1.165, 1.54) is 6.07 Å². The number of benzene rings is 2. The van der Waals surface area contributed by atoms with Gasteiger partial charge in [-0.15, -0.1) is 12.4 Å². The van der Waals surface area contributed by atoms with Crippen LogP contribution in [0.5, 0.6) is 0 Å². The van der Waals surface area contributed by atoms with Crippen molar-refractivity contribution in [3.05, 3.63) is 59.9 Å². The molecule has 2 aromatic carbocycles. The second-order valence-electron chi connectivity index (χ2n) is 7.61. The van der Waals surface area contributed by atoms with Crippen LogP contribution in [0.25, 0.3) is 11.1 Å². The van der Waals surface area contributed by atoms with E-state index in [-0.39, 0.29) is 24.3 Å². The lowest BCUT2D eigenvalue weighted by molar-refractivity contribution is -0.127. The second kappa shape index (κ2) is 9.65. The minimum atomic E-state index is -1.04. The molecule has 2 unspecified atom stereocenters. The molecule has 2 aromatic rings. The second-order valence-corrected chi connectivity index (χ2v) is 7.61. The Hall–Kier alpha value is -1.46. The predicted molar refractivity (Wildman–Crippen MR) is 110 cm³/mol. The predicted octanol–water partition coefficient (Wildman–Crippen LogP) is 4.22. The molecular formula is C22H29ClFNO2. The van der Waals surface area contributed by atoms with E-state index >= 15 is 0 Å². The lowest BCUT2D eigenvalue weighted by Gasteiger charge is -2.40. The third-order valence-electron chi connectivity index (χ3n) is 4.94. The summed E-state index contributed by atoms with van der Waals surface area (Å²) in [7, 11) is 0. The molecule has 0 bridgehead atoms. The van der Waals surface area contributed by atoms with Gasteiger partial charge in [0.15, 0.2) is 0 Å². The van der Waals surface area contributed by atoms with E-state index in [4.69, 9.17) is 4.74 Å². The van der Waals surface area contributed by atoms with Crippen LogP contribution in [0.4, 0.5) is 4.39 Å². The van der Waals surface area contributed by atoms with E-state index in [0.29, 0.717) is 31.9 Å². The molecule has 3 nitrogen and oxygen atoms in total. The van der Waals surface area contributed by atoms with Gasteiger partial charge in [-0.05, 0) is 41.2 Å². The monoisotopic (exact) mass is 393 g/mol. The van der Waals surface area contributed by atoms with Gasteiger partial charge in [0.05, 0.1) is 18.3 Å². The van der Waals surface area contributed by atoms with Crippen LogP contribution in [0.1, 0.15) is 25.8 Å². The van der Waals surface area contributed by atoms with Crippen molar-refractivity contribution in [1.29, 1.82) is 0 Å². The van der Waals surface area contributed by atoms with Crippen molar-refractivity contribution in [1.82, 2.24) is 5.32 Å². The van der Waals surface area contributed by atoms with Crippen LogP contribution < -0.4 is 5.32 Å². The maximum absolute atomic E-state index is 14.0. The van der Waals surface area contributed by atoms with E-state index in [1.807, 2.05) is 30.3 Å². The number of hydrogen-bond donors (Lipinski definition) is 2. The fourth-order valence-electron chi connectivity index (χ4n) is 3.87. The van der Waals surface area contributed by atoms with Crippen LogP contribution in [-0.4, -0.2) is 36.5 Å². The van der Waals surface area contributed by atoms with Gasteiger partial charge >= 0.3 is 0 Å². The average Bonchev–Trinajstić information content (AvgIpc) is 2.62. The minimum absolute atomic E-state index is 0. The number of halogens is 2. The zero-order chi connectivity index (χ0) is 18.6. The van der Waals surface area contributed by atoms with E-state index in [1.54, 1.807) is 12.1 Å². The van der Waals surface area contributed by atoms with Crippen LogP contribution in [0.2, 0.25) is 0 Å². The summed E-state index contributed by atoms with van der Waals surface area (Å²) < 4.78 is 19.9. The topological polar surface area (TPSA) is 41.5 Å². The van der Waals surface area contributed by atoms with Gasteiger partial charge in [-0.2, -0.15) is 0 Å². The first-order valence-corrected chi connectivity index (χ1v) is 9.36. The molecule has 27 heavy (non-hydrogen) atoms. The Kier molecular flexibility index (Phi) is 7.80. The van der Waals surface area contributed by atoms with Crippen molar-refractivity contribution in [2.24, 2.45) is 5.92 Å². The van der Waals surface area contributed by atoms with Crippen LogP contribution in [0.3, 0.4) is 0 Å². The highest BCUT2D eigenvalue weighted by molar-refractivity contribution is 5.85. The Morgan fingerprint density at radius 2 is 1.96 bits per heavy atom. The fourth-order valence-corrected chi connectivity index (χ4v) is 3.87. The van der Waals surface area contributed by atoms with Gasteiger partial charge in [0.2, 0.25) is 0 Å². The third-order valence-corrected chi connectivity index (χ3v) is 4.94. The van der Waals surface area contributed by atoms with E-state index in [0.717, 1.165) is 23.2 Å². The van der Waals surface area contributed by atoms with Crippen molar-refractivity contribution in [3.63, 3.8) is 0 Å². The first-order valence-electron chi connectivity index (χ1n) is 9.36. The highest BCUT2D eigenvalue weighted by Gasteiger charge is 2.39. The van der Waals surface area contributed by atoms with Gasteiger partial charge in [-0.3, -0.25) is 0 Å². The maximum Gasteiger partial charge on any atom is 0.123 e.